The number of para-hydroxylation sites is 1. The van der Waals surface area contributed by atoms with Crippen molar-refractivity contribution < 1.29 is 5.11 Å². The molecule has 114 valence electrons. The van der Waals surface area contributed by atoms with E-state index in [4.69, 9.17) is 4.98 Å². The van der Waals surface area contributed by atoms with Crippen molar-refractivity contribution in [3.63, 3.8) is 0 Å². The number of hydrogen-bond donors (Lipinski definition) is 1. The summed E-state index contributed by atoms with van der Waals surface area (Å²) in [4.78, 5) is 11.7. The van der Waals surface area contributed by atoms with Gasteiger partial charge in [0.25, 0.3) is 0 Å². The lowest BCUT2D eigenvalue weighted by Crippen LogP contribution is -2.31. The number of fused-ring (bicyclic) bond motifs is 1. The van der Waals surface area contributed by atoms with Crippen LogP contribution >= 0.6 is 0 Å². The average Bonchev–Trinajstić information content (AvgIpc) is 3.36. The fourth-order valence-electron chi connectivity index (χ4n) is 3.15. The lowest BCUT2D eigenvalue weighted by molar-refractivity contribution is 0.239. The first-order valence-electron chi connectivity index (χ1n) is 8.05. The zero-order chi connectivity index (χ0) is 15.1. The molecule has 0 radical (unpaired) electrons. The van der Waals surface area contributed by atoms with Gasteiger partial charge >= 0.3 is 0 Å². The van der Waals surface area contributed by atoms with Gasteiger partial charge < -0.3 is 5.11 Å². The number of hydrogen-bond acceptors (Lipinski definition) is 4. The minimum atomic E-state index is 0.425. The Morgan fingerprint density at radius 3 is 3.00 bits per heavy atom. The molecule has 2 aliphatic rings. The maximum absolute atomic E-state index is 10.2. The maximum Gasteiger partial charge on any atom is 0.131 e. The van der Waals surface area contributed by atoms with E-state index in [0.29, 0.717) is 11.7 Å². The highest BCUT2D eigenvalue weighted by Gasteiger charge is 2.28. The third-order valence-electron chi connectivity index (χ3n) is 4.69. The normalized spacial score (nSPS) is 18.2. The van der Waals surface area contributed by atoms with Crippen molar-refractivity contribution in [1.82, 2.24) is 14.9 Å². The van der Waals surface area contributed by atoms with Crippen LogP contribution in [0.2, 0.25) is 0 Å². The number of aromatic hydroxyl groups is 1. The van der Waals surface area contributed by atoms with Crippen LogP contribution in [-0.4, -0.2) is 26.5 Å². The van der Waals surface area contributed by atoms with Gasteiger partial charge in [-0.25, -0.2) is 9.97 Å². The third kappa shape index (κ3) is 2.59. The molecule has 4 heteroatoms. The maximum atomic E-state index is 10.2. The predicted molar refractivity (Wildman–Crippen MR) is 84.7 cm³/mol. The second-order valence-corrected chi connectivity index (χ2v) is 6.52. The van der Waals surface area contributed by atoms with Crippen LogP contribution in [0.4, 0.5) is 0 Å². The molecular formula is C18H21N3O. The molecule has 0 amide bonds. The van der Waals surface area contributed by atoms with Gasteiger partial charge in [-0.15, -0.1) is 0 Å². The van der Waals surface area contributed by atoms with Crippen LogP contribution in [0.5, 0.6) is 5.75 Å². The Hall–Kier alpha value is -1.94. The summed E-state index contributed by atoms with van der Waals surface area (Å²) < 4.78 is 0. The molecule has 1 aliphatic heterocycles. The minimum Gasteiger partial charge on any atom is -0.507 e. The lowest BCUT2D eigenvalue weighted by atomic mass is 10.0. The van der Waals surface area contributed by atoms with Gasteiger partial charge in [0.2, 0.25) is 0 Å². The van der Waals surface area contributed by atoms with Crippen molar-refractivity contribution in [2.75, 3.05) is 6.54 Å². The quantitative estimate of drug-likeness (QED) is 0.946. The molecule has 1 aromatic heterocycles. The molecule has 4 rings (SSSR count). The van der Waals surface area contributed by atoms with E-state index >= 15 is 0 Å². The first kappa shape index (κ1) is 13.7. The van der Waals surface area contributed by atoms with Crippen LogP contribution < -0.4 is 0 Å². The molecule has 4 nitrogen and oxygen atoms in total. The number of aromatic nitrogens is 2. The van der Waals surface area contributed by atoms with Crippen molar-refractivity contribution in [2.24, 2.45) is 0 Å². The summed E-state index contributed by atoms with van der Waals surface area (Å²) in [7, 11) is 0. The number of benzene rings is 1. The number of phenols is 1. The molecule has 22 heavy (non-hydrogen) atoms. The fraction of sp³-hybridized carbons (Fsp3) is 0.444. The Morgan fingerprint density at radius 2 is 2.18 bits per heavy atom. The molecule has 0 unspecified atom stereocenters. The largest absolute Gasteiger partial charge is 0.507 e. The molecule has 0 atom stereocenters. The van der Waals surface area contributed by atoms with Gasteiger partial charge in [-0.1, -0.05) is 18.2 Å². The summed E-state index contributed by atoms with van der Waals surface area (Å²) in [6.07, 6.45) is 5.48. The second-order valence-electron chi connectivity index (χ2n) is 6.52. The van der Waals surface area contributed by atoms with Gasteiger partial charge in [-0.3, -0.25) is 4.90 Å². The third-order valence-corrected chi connectivity index (χ3v) is 4.69. The summed E-state index contributed by atoms with van der Waals surface area (Å²) in [6, 6.07) is 5.95. The minimum absolute atomic E-state index is 0.425. The van der Waals surface area contributed by atoms with E-state index in [0.717, 1.165) is 43.0 Å². The van der Waals surface area contributed by atoms with Crippen LogP contribution in [0.25, 0.3) is 0 Å². The molecule has 0 spiro atoms. The number of phenolic OH excluding ortho intramolecular Hbond substituents is 1. The Labute approximate surface area is 130 Å². The number of aryl methyl sites for hydroxylation is 1. The predicted octanol–water partition coefficient (Wildman–Crippen LogP) is 2.93. The molecule has 2 heterocycles. The molecule has 1 aliphatic carbocycles. The van der Waals surface area contributed by atoms with Crippen molar-refractivity contribution in [2.45, 2.75) is 45.2 Å². The van der Waals surface area contributed by atoms with Gasteiger partial charge in [0, 0.05) is 55.0 Å². The summed E-state index contributed by atoms with van der Waals surface area (Å²) in [5.74, 6) is 2.09. The first-order valence-corrected chi connectivity index (χ1v) is 8.05. The summed E-state index contributed by atoms with van der Waals surface area (Å²) in [5, 5.41) is 10.2. The van der Waals surface area contributed by atoms with E-state index < -0.39 is 0 Å². The Kier molecular flexibility index (Phi) is 3.34. The van der Waals surface area contributed by atoms with E-state index in [1.165, 1.54) is 24.1 Å². The molecule has 1 aromatic carbocycles. The highest BCUT2D eigenvalue weighted by atomic mass is 16.3. The highest BCUT2D eigenvalue weighted by Crippen LogP contribution is 2.38. The molecule has 2 aromatic rings. The Morgan fingerprint density at radius 1 is 1.32 bits per heavy atom. The van der Waals surface area contributed by atoms with Crippen molar-refractivity contribution >= 4 is 0 Å². The van der Waals surface area contributed by atoms with E-state index in [2.05, 4.69) is 9.88 Å². The van der Waals surface area contributed by atoms with Crippen LogP contribution in [0.3, 0.4) is 0 Å². The van der Waals surface area contributed by atoms with Crippen LogP contribution in [0.1, 0.15) is 47.0 Å². The van der Waals surface area contributed by atoms with Gasteiger partial charge in [0.15, 0.2) is 0 Å². The van der Waals surface area contributed by atoms with E-state index in [-0.39, 0.29) is 0 Å². The SMILES string of the molecule is Cc1cccc(CN2CCc3nc(C4CC4)ncc3C2)c1O. The van der Waals surface area contributed by atoms with Gasteiger partial charge in [0.05, 0.1) is 0 Å². The van der Waals surface area contributed by atoms with E-state index in [1.54, 1.807) is 0 Å². The smallest absolute Gasteiger partial charge is 0.131 e. The molecule has 0 bridgehead atoms. The van der Waals surface area contributed by atoms with E-state index in [9.17, 15) is 5.11 Å². The first-order chi connectivity index (χ1) is 10.7. The van der Waals surface area contributed by atoms with Gasteiger partial charge in [0.1, 0.15) is 11.6 Å². The standard InChI is InChI=1S/C18H21N3O/c1-12-3-2-4-14(17(12)22)10-21-8-7-16-15(11-21)9-19-18(20-16)13-5-6-13/h2-4,9,13,22H,5-8,10-11H2,1H3. The van der Waals surface area contributed by atoms with Gasteiger partial charge in [-0.05, 0) is 25.3 Å². The topological polar surface area (TPSA) is 49.2 Å². The number of nitrogens with zero attached hydrogens (tertiary/aromatic N) is 3. The highest BCUT2D eigenvalue weighted by molar-refractivity contribution is 5.39. The molecule has 1 fully saturated rings. The van der Waals surface area contributed by atoms with E-state index in [1.807, 2.05) is 31.3 Å². The molecular weight excluding hydrogens is 274 g/mol. The Bertz CT molecular complexity index is 709. The van der Waals surface area contributed by atoms with Crippen molar-refractivity contribution in [1.29, 1.82) is 0 Å². The summed E-state index contributed by atoms with van der Waals surface area (Å²) in [5.41, 5.74) is 4.40. The Balaban J connectivity index is 1.51. The average molecular weight is 295 g/mol. The lowest BCUT2D eigenvalue weighted by Gasteiger charge is -2.28. The second kappa shape index (κ2) is 5.36. The molecule has 1 N–H and O–H groups in total. The zero-order valence-corrected chi connectivity index (χ0v) is 12.9. The van der Waals surface area contributed by atoms with Gasteiger partial charge in [-0.2, -0.15) is 0 Å². The van der Waals surface area contributed by atoms with Crippen LogP contribution in [0.15, 0.2) is 24.4 Å². The fourth-order valence-corrected chi connectivity index (χ4v) is 3.15. The molecule has 1 saturated carbocycles. The molecule has 0 saturated heterocycles. The van der Waals surface area contributed by atoms with Crippen LogP contribution in [-0.2, 0) is 19.5 Å². The zero-order valence-electron chi connectivity index (χ0n) is 12.9. The van der Waals surface area contributed by atoms with Crippen LogP contribution in [0, 0.1) is 6.92 Å². The van der Waals surface area contributed by atoms with Crippen molar-refractivity contribution in [3.8, 4) is 5.75 Å². The summed E-state index contributed by atoms with van der Waals surface area (Å²) >= 11 is 0. The van der Waals surface area contributed by atoms with Crippen molar-refractivity contribution in [3.05, 3.63) is 52.6 Å². The number of rotatable bonds is 3. The summed E-state index contributed by atoms with van der Waals surface area (Å²) in [6.45, 7) is 4.57. The monoisotopic (exact) mass is 295 g/mol.